The molecule has 7 nitrogen and oxygen atoms in total. The first-order chi connectivity index (χ1) is 10.7. The number of nitrogens with zero attached hydrogens (tertiary/aromatic N) is 1. The molecule has 0 spiro atoms. The molecule has 0 aliphatic carbocycles. The summed E-state index contributed by atoms with van der Waals surface area (Å²) in [6.45, 7) is 3.40. The predicted octanol–water partition coefficient (Wildman–Crippen LogP) is 2.32. The van der Waals surface area contributed by atoms with Gasteiger partial charge in [0.15, 0.2) is 0 Å². The summed E-state index contributed by atoms with van der Waals surface area (Å²) >= 11 is 0. The Hall–Kier alpha value is -2.78. The summed E-state index contributed by atoms with van der Waals surface area (Å²) in [5, 5.41) is 8.20. The predicted molar refractivity (Wildman–Crippen MR) is 73.9 cm³/mol. The van der Waals surface area contributed by atoms with Gasteiger partial charge in [-0.2, -0.15) is 13.2 Å². The van der Waals surface area contributed by atoms with E-state index in [-0.39, 0.29) is 6.54 Å². The third kappa shape index (κ3) is 3.90. The fourth-order valence-corrected chi connectivity index (χ4v) is 1.83. The number of anilines is 1. The summed E-state index contributed by atoms with van der Waals surface area (Å²) < 4.78 is 42.7. The maximum absolute atomic E-state index is 12.6. The van der Waals surface area contributed by atoms with Crippen LogP contribution in [0.4, 0.5) is 23.7 Å². The number of nitrogens with one attached hydrogen (secondary N) is 3. The van der Waals surface area contributed by atoms with Crippen LogP contribution in [0.15, 0.2) is 21.6 Å². The second-order valence-corrected chi connectivity index (χ2v) is 4.74. The Morgan fingerprint density at radius 3 is 2.65 bits per heavy atom. The lowest BCUT2D eigenvalue weighted by Crippen LogP contribution is -2.31. The fraction of sp³-hybridized carbons (Fsp3) is 0.308. The number of H-pyrrole nitrogens is 1. The van der Waals surface area contributed by atoms with E-state index in [1.54, 1.807) is 13.8 Å². The van der Waals surface area contributed by atoms with Crippen LogP contribution in [0.1, 0.15) is 22.6 Å². The van der Waals surface area contributed by atoms with Gasteiger partial charge in [0.1, 0.15) is 11.4 Å². The van der Waals surface area contributed by atoms with Crippen molar-refractivity contribution in [3.8, 4) is 0 Å². The lowest BCUT2D eigenvalue weighted by molar-refractivity contribution is -0.137. The quantitative estimate of drug-likeness (QED) is 0.804. The Morgan fingerprint density at radius 1 is 1.39 bits per heavy atom. The number of halogens is 3. The molecular formula is C13H13F3N4O3. The molecule has 0 bridgehead atoms. The van der Waals surface area contributed by atoms with E-state index >= 15 is 0 Å². The number of hydrogen-bond acceptors (Lipinski definition) is 4. The Bertz CT molecular complexity index is 760. The monoisotopic (exact) mass is 330 g/mol. The maximum atomic E-state index is 12.6. The zero-order valence-corrected chi connectivity index (χ0v) is 12.2. The van der Waals surface area contributed by atoms with Gasteiger partial charge in [-0.15, -0.1) is 0 Å². The smallest absolute Gasteiger partial charge is 0.361 e. The Balaban J connectivity index is 2.07. The van der Waals surface area contributed by atoms with Gasteiger partial charge < -0.3 is 20.1 Å². The third-order valence-electron chi connectivity index (χ3n) is 3.09. The van der Waals surface area contributed by atoms with Crippen LogP contribution in [0.2, 0.25) is 0 Å². The second-order valence-electron chi connectivity index (χ2n) is 4.74. The van der Waals surface area contributed by atoms with Crippen LogP contribution >= 0.6 is 0 Å². The Morgan fingerprint density at radius 2 is 2.09 bits per heavy atom. The molecule has 0 unspecified atom stereocenters. The van der Waals surface area contributed by atoms with Gasteiger partial charge in [0.2, 0.25) is 0 Å². The zero-order valence-electron chi connectivity index (χ0n) is 12.2. The average Bonchev–Trinajstić information content (AvgIpc) is 2.77. The SMILES string of the molecule is Cc1noc(C)c1CNC(=O)Nc1cc(C(F)(F)F)c[nH]c1=O. The number of rotatable bonds is 3. The normalized spacial score (nSPS) is 11.3. The van der Waals surface area contributed by atoms with Crippen molar-refractivity contribution in [1.29, 1.82) is 0 Å². The highest BCUT2D eigenvalue weighted by Gasteiger charge is 2.31. The van der Waals surface area contributed by atoms with Gasteiger partial charge in [0.05, 0.1) is 11.3 Å². The van der Waals surface area contributed by atoms with Crippen molar-refractivity contribution in [2.45, 2.75) is 26.6 Å². The third-order valence-corrected chi connectivity index (χ3v) is 3.09. The molecule has 0 atom stereocenters. The van der Waals surface area contributed by atoms with Gasteiger partial charge in [-0.3, -0.25) is 4.79 Å². The lowest BCUT2D eigenvalue weighted by atomic mass is 10.2. The molecule has 124 valence electrons. The molecule has 3 N–H and O–H groups in total. The van der Waals surface area contributed by atoms with Crippen molar-refractivity contribution >= 4 is 11.7 Å². The molecule has 0 aliphatic rings. The number of aromatic nitrogens is 2. The van der Waals surface area contributed by atoms with E-state index in [4.69, 9.17) is 4.52 Å². The minimum Gasteiger partial charge on any atom is -0.361 e. The van der Waals surface area contributed by atoms with Crippen LogP contribution in [0.5, 0.6) is 0 Å². The van der Waals surface area contributed by atoms with Crippen LogP contribution in [-0.4, -0.2) is 16.2 Å². The minimum absolute atomic E-state index is 0.0594. The summed E-state index contributed by atoms with van der Waals surface area (Å²) in [5.74, 6) is 0.514. The highest BCUT2D eigenvalue weighted by molar-refractivity contribution is 5.89. The summed E-state index contributed by atoms with van der Waals surface area (Å²) in [7, 11) is 0. The molecule has 0 aromatic carbocycles. The minimum atomic E-state index is -4.63. The standard InChI is InChI=1S/C13H13F3N4O3/c1-6-9(7(2)23-20-6)5-18-12(22)19-10-3-8(13(14,15)16)4-17-11(10)21/h3-4H,5H2,1-2H3,(H,17,21)(H2,18,19,22). The van der Waals surface area contributed by atoms with E-state index in [9.17, 15) is 22.8 Å². The molecule has 0 fully saturated rings. The highest BCUT2D eigenvalue weighted by Crippen LogP contribution is 2.29. The van der Waals surface area contributed by atoms with E-state index in [1.165, 1.54) is 0 Å². The summed E-state index contributed by atoms with van der Waals surface area (Å²) in [6.07, 6.45) is -4.09. The molecule has 2 rings (SSSR count). The van der Waals surface area contributed by atoms with Crippen molar-refractivity contribution in [2.75, 3.05) is 5.32 Å². The molecule has 10 heteroatoms. The van der Waals surface area contributed by atoms with Crippen LogP contribution < -0.4 is 16.2 Å². The van der Waals surface area contributed by atoms with Crippen molar-refractivity contribution in [3.05, 3.63) is 45.2 Å². The number of alkyl halides is 3. The average molecular weight is 330 g/mol. The van der Waals surface area contributed by atoms with E-state index in [2.05, 4.69) is 15.8 Å². The Kier molecular flexibility index (Phi) is 4.43. The topological polar surface area (TPSA) is 100 Å². The van der Waals surface area contributed by atoms with Crippen molar-refractivity contribution in [3.63, 3.8) is 0 Å². The first-order valence-corrected chi connectivity index (χ1v) is 6.45. The van der Waals surface area contributed by atoms with Gasteiger partial charge in [-0.25, -0.2) is 4.79 Å². The number of aryl methyl sites for hydroxylation is 2. The van der Waals surface area contributed by atoms with Gasteiger partial charge in [-0.05, 0) is 19.9 Å². The van der Waals surface area contributed by atoms with Gasteiger partial charge in [0.25, 0.3) is 5.56 Å². The number of pyridine rings is 1. The second kappa shape index (κ2) is 6.15. The molecular weight excluding hydrogens is 317 g/mol. The largest absolute Gasteiger partial charge is 0.417 e. The fourth-order valence-electron chi connectivity index (χ4n) is 1.83. The van der Waals surface area contributed by atoms with Crippen molar-refractivity contribution in [2.24, 2.45) is 0 Å². The van der Waals surface area contributed by atoms with E-state index in [0.29, 0.717) is 29.3 Å². The summed E-state index contributed by atoms with van der Waals surface area (Å²) in [6, 6.07) is -0.260. The summed E-state index contributed by atoms with van der Waals surface area (Å²) in [4.78, 5) is 25.1. The molecule has 23 heavy (non-hydrogen) atoms. The Labute approximate surface area is 127 Å². The number of amides is 2. The number of hydrogen-bond donors (Lipinski definition) is 3. The lowest BCUT2D eigenvalue weighted by Gasteiger charge is -2.10. The van der Waals surface area contributed by atoms with Crippen LogP contribution in [-0.2, 0) is 12.7 Å². The number of aromatic amines is 1. The van der Waals surface area contributed by atoms with E-state index in [0.717, 1.165) is 0 Å². The van der Waals surface area contributed by atoms with Gasteiger partial charge in [0, 0.05) is 18.3 Å². The van der Waals surface area contributed by atoms with Gasteiger partial charge in [-0.1, -0.05) is 5.16 Å². The first-order valence-electron chi connectivity index (χ1n) is 6.45. The molecule has 0 radical (unpaired) electrons. The molecule has 0 saturated carbocycles. The van der Waals surface area contributed by atoms with Crippen LogP contribution in [0.25, 0.3) is 0 Å². The zero-order chi connectivity index (χ0) is 17.2. The number of urea groups is 1. The van der Waals surface area contributed by atoms with Crippen molar-refractivity contribution in [1.82, 2.24) is 15.5 Å². The van der Waals surface area contributed by atoms with E-state index in [1.807, 2.05) is 4.98 Å². The molecule has 2 aromatic heterocycles. The number of carbonyl (C=O) groups excluding carboxylic acids is 1. The first kappa shape index (κ1) is 16.6. The molecule has 2 aromatic rings. The maximum Gasteiger partial charge on any atom is 0.417 e. The van der Waals surface area contributed by atoms with E-state index < -0.39 is 29.0 Å². The molecule has 2 heterocycles. The molecule has 0 saturated heterocycles. The molecule has 2 amide bonds. The highest BCUT2D eigenvalue weighted by atomic mass is 19.4. The summed E-state index contributed by atoms with van der Waals surface area (Å²) in [5.41, 5.74) is -1.18. The van der Waals surface area contributed by atoms with Crippen LogP contribution in [0, 0.1) is 13.8 Å². The van der Waals surface area contributed by atoms with Crippen LogP contribution in [0.3, 0.4) is 0 Å². The van der Waals surface area contributed by atoms with Gasteiger partial charge >= 0.3 is 12.2 Å². The molecule has 0 aliphatic heterocycles. The number of carbonyl (C=O) groups is 1. The van der Waals surface area contributed by atoms with Crippen molar-refractivity contribution < 1.29 is 22.5 Å².